The summed E-state index contributed by atoms with van der Waals surface area (Å²) in [4.78, 5) is 21.4. The Balaban J connectivity index is 1.77. The molecule has 0 bridgehead atoms. The van der Waals surface area contributed by atoms with Crippen molar-refractivity contribution in [3.63, 3.8) is 0 Å². The van der Waals surface area contributed by atoms with E-state index in [1.807, 2.05) is 38.8 Å². The second kappa shape index (κ2) is 5.98. The van der Waals surface area contributed by atoms with Gasteiger partial charge in [-0.3, -0.25) is 4.68 Å². The minimum absolute atomic E-state index is 0.305. The van der Waals surface area contributed by atoms with Gasteiger partial charge in [0.15, 0.2) is 5.65 Å². The maximum absolute atomic E-state index is 4.61. The van der Waals surface area contributed by atoms with Gasteiger partial charge in [-0.2, -0.15) is 5.10 Å². The lowest BCUT2D eigenvalue weighted by Crippen LogP contribution is -2.02. The first kappa shape index (κ1) is 16.6. The summed E-state index contributed by atoms with van der Waals surface area (Å²) in [6.45, 7) is 6.32. The van der Waals surface area contributed by atoms with Crippen LogP contribution in [0.1, 0.15) is 25.7 Å². The van der Waals surface area contributed by atoms with Gasteiger partial charge in [0.05, 0.1) is 22.8 Å². The first-order valence-electron chi connectivity index (χ1n) is 9.19. The lowest BCUT2D eigenvalue weighted by Gasteiger charge is -2.11. The minimum Gasteiger partial charge on any atom is -0.345 e. The zero-order valence-corrected chi connectivity index (χ0v) is 16.2. The van der Waals surface area contributed by atoms with E-state index in [2.05, 4.69) is 54.5 Å². The molecule has 5 rings (SSSR count). The van der Waals surface area contributed by atoms with Crippen molar-refractivity contribution in [2.75, 3.05) is 0 Å². The molecule has 5 aromatic rings. The Bertz CT molecular complexity index is 1320. The standard InChI is InChI=1S/C20H20N8/c1-11(2)28-12(3)26-19-16(28)5-13(6-21-19)15-8-22-20-17(15)18(23-10-24-20)14-7-25-27(4)9-14/h5-11H,1-4H3,(H,22,23,24). The summed E-state index contributed by atoms with van der Waals surface area (Å²) < 4.78 is 3.98. The van der Waals surface area contributed by atoms with Gasteiger partial charge in [0, 0.05) is 48.4 Å². The second-order valence-corrected chi connectivity index (χ2v) is 7.24. The Morgan fingerprint density at radius 2 is 1.93 bits per heavy atom. The topological polar surface area (TPSA) is 90.1 Å². The van der Waals surface area contributed by atoms with Crippen LogP contribution in [0.25, 0.3) is 44.6 Å². The van der Waals surface area contributed by atoms with Gasteiger partial charge in [-0.15, -0.1) is 0 Å². The van der Waals surface area contributed by atoms with E-state index in [1.54, 1.807) is 11.0 Å². The van der Waals surface area contributed by atoms with E-state index in [4.69, 9.17) is 0 Å². The summed E-state index contributed by atoms with van der Waals surface area (Å²) in [5.74, 6) is 0.966. The number of pyridine rings is 1. The average molecular weight is 372 g/mol. The molecule has 5 aromatic heterocycles. The van der Waals surface area contributed by atoms with E-state index in [1.165, 1.54) is 0 Å². The zero-order valence-electron chi connectivity index (χ0n) is 16.2. The third-order valence-corrected chi connectivity index (χ3v) is 5.00. The highest BCUT2D eigenvalue weighted by Gasteiger charge is 2.18. The molecule has 5 heterocycles. The highest BCUT2D eigenvalue weighted by Crippen LogP contribution is 2.35. The number of hydrogen-bond acceptors (Lipinski definition) is 5. The monoisotopic (exact) mass is 372 g/mol. The fourth-order valence-electron chi connectivity index (χ4n) is 3.84. The molecule has 0 aliphatic heterocycles. The van der Waals surface area contributed by atoms with Gasteiger partial charge in [0.25, 0.3) is 0 Å². The molecule has 8 nitrogen and oxygen atoms in total. The summed E-state index contributed by atoms with van der Waals surface area (Å²) in [7, 11) is 1.90. The van der Waals surface area contributed by atoms with Crippen LogP contribution in [0.15, 0.2) is 37.2 Å². The Morgan fingerprint density at radius 1 is 1.07 bits per heavy atom. The number of fused-ring (bicyclic) bond motifs is 2. The molecular formula is C20H20N8. The van der Waals surface area contributed by atoms with Gasteiger partial charge in [-0.05, 0) is 26.8 Å². The SMILES string of the molecule is Cc1nc2ncc(-c3c[nH]c4ncnc(-c5cnn(C)c5)c34)cc2n1C(C)C. The van der Waals surface area contributed by atoms with Gasteiger partial charge in [-0.1, -0.05) is 0 Å². The Hall–Kier alpha value is -3.55. The highest BCUT2D eigenvalue weighted by atomic mass is 15.2. The number of H-pyrrole nitrogens is 1. The number of imidazole rings is 1. The fraction of sp³-hybridized carbons (Fsp3) is 0.250. The number of aromatic amines is 1. The lowest BCUT2D eigenvalue weighted by molar-refractivity contribution is 0.600. The fourth-order valence-corrected chi connectivity index (χ4v) is 3.84. The number of aryl methyl sites for hydroxylation is 2. The summed E-state index contributed by atoms with van der Waals surface area (Å²) >= 11 is 0. The van der Waals surface area contributed by atoms with Crippen molar-refractivity contribution < 1.29 is 0 Å². The Kier molecular flexibility index (Phi) is 3.55. The molecule has 0 atom stereocenters. The van der Waals surface area contributed by atoms with Gasteiger partial charge in [0.2, 0.25) is 0 Å². The molecule has 0 saturated heterocycles. The lowest BCUT2D eigenvalue weighted by atomic mass is 10.0. The van der Waals surface area contributed by atoms with Gasteiger partial charge >= 0.3 is 0 Å². The van der Waals surface area contributed by atoms with Crippen molar-refractivity contribution in [2.45, 2.75) is 26.8 Å². The third-order valence-electron chi connectivity index (χ3n) is 5.00. The minimum atomic E-state index is 0.305. The summed E-state index contributed by atoms with van der Waals surface area (Å²) in [6, 6.07) is 2.45. The first-order valence-corrected chi connectivity index (χ1v) is 9.19. The van der Waals surface area contributed by atoms with Crippen LogP contribution in [0, 0.1) is 6.92 Å². The van der Waals surface area contributed by atoms with Crippen molar-refractivity contribution in [1.29, 1.82) is 0 Å². The van der Waals surface area contributed by atoms with Crippen molar-refractivity contribution >= 4 is 22.2 Å². The molecule has 0 aliphatic carbocycles. The van der Waals surface area contributed by atoms with Crippen molar-refractivity contribution in [3.8, 4) is 22.4 Å². The van der Waals surface area contributed by atoms with Crippen LogP contribution in [0.4, 0.5) is 0 Å². The largest absolute Gasteiger partial charge is 0.345 e. The molecular weight excluding hydrogens is 352 g/mol. The molecule has 0 spiro atoms. The van der Waals surface area contributed by atoms with Crippen LogP contribution in [-0.4, -0.2) is 39.3 Å². The van der Waals surface area contributed by atoms with E-state index in [9.17, 15) is 0 Å². The van der Waals surface area contributed by atoms with E-state index in [0.29, 0.717) is 6.04 Å². The van der Waals surface area contributed by atoms with Crippen LogP contribution in [0.3, 0.4) is 0 Å². The summed E-state index contributed by atoms with van der Waals surface area (Å²) in [6.07, 6.45) is 9.17. The molecule has 8 heteroatoms. The molecule has 1 N–H and O–H groups in total. The van der Waals surface area contributed by atoms with E-state index in [0.717, 1.165) is 50.4 Å². The smallest absolute Gasteiger partial charge is 0.177 e. The maximum Gasteiger partial charge on any atom is 0.177 e. The maximum atomic E-state index is 4.61. The number of rotatable bonds is 3. The van der Waals surface area contributed by atoms with Gasteiger partial charge in [-0.25, -0.2) is 19.9 Å². The van der Waals surface area contributed by atoms with Crippen molar-refractivity contribution in [2.24, 2.45) is 7.05 Å². The predicted octanol–water partition coefficient (Wildman–Crippen LogP) is 3.66. The van der Waals surface area contributed by atoms with Crippen LogP contribution in [0.2, 0.25) is 0 Å². The normalized spacial score (nSPS) is 11.9. The van der Waals surface area contributed by atoms with Crippen LogP contribution < -0.4 is 0 Å². The number of hydrogen-bond donors (Lipinski definition) is 1. The van der Waals surface area contributed by atoms with Gasteiger partial charge < -0.3 is 9.55 Å². The average Bonchev–Trinajstić information content (AvgIpc) is 3.36. The Morgan fingerprint density at radius 3 is 2.68 bits per heavy atom. The second-order valence-electron chi connectivity index (χ2n) is 7.24. The third kappa shape index (κ3) is 2.41. The summed E-state index contributed by atoms with van der Waals surface area (Å²) in [5.41, 5.74) is 6.39. The molecule has 0 aliphatic rings. The van der Waals surface area contributed by atoms with E-state index >= 15 is 0 Å². The quantitative estimate of drug-likeness (QED) is 0.522. The molecule has 140 valence electrons. The van der Waals surface area contributed by atoms with E-state index in [-0.39, 0.29) is 0 Å². The molecule has 28 heavy (non-hydrogen) atoms. The van der Waals surface area contributed by atoms with Crippen molar-refractivity contribution in [3.05, 3.63) is 43.0 Å². The zero-order chi connectivity index (χ0) is 19.4. The number of aromatic nitrogens is 8. The van der Waals surface area contributed by atoms with Gasteiger partial charge in [0.1, 0.15) is 17.8 Å². The number of nitrogens with one attached hydrogen (secondary N) is 1. The van der Waals surface area contributed by atoms with E-state index < -0.39 is 0 Å². The molecule has 0 saturated carbocycles. The molecule has 0 unspecified atom stereocenters. The molecule has 0 fully saturated rings. The molecule has 0 aromatic carbocycles. The number of nitrogens with zero attached hydrogens (tertiary/aromatic N) is 7. The van der Waals surface area contributed by atoms with Crippen molar-refractivity contribution in [1.82, 2.24) is 39.3 Å². The van der Waals surface area contributed by atoms with Crippen LogP contribution in [-0.2, 0) is 7.05 Å². The Labute approximate surface area is 161 Å². The van der Waals surface area contributed by atoms with Crippen LogP contribution in [0.5, 0.6) is 0 Å². The molecule has 0 radical (unpaired) electrons. The summed E-state index contributed by atoms with van der Waals surface area (Å²) in [5, 5.41) is 5.25. The predicted molar refractivity (Wildman–Crippen MR) is 108 cm³/mol. The van der Waals surface area contributed by atoms with Crippen LogP contribution >= 0.6 is 0 Å². The highest BCUT2D eigenvalue weighted by molar-refractivity contribution is 6.03. The first-order chi connectivity index (χ1) is 13.5. The molecule has 0 amide bonds.